The summed E-state index contributed by atoms with van der Waals surface area (Å²) in [4.78, 5) is 16.0. The van der Waals surface area contributed by atoms with Crippen molar-refractivity contribution in [1.82, 2.24) is 4.90 Å². The summed E-state index contributed by atoms with van der Waals surface area (Å²) in [6, 6.07) is 6.18. The molecule has 25 heavy (non-hydrogen) atoms. The predicted molar refractivity (Wildman–Crippen MR) is 97.5 cm³/mol. The number of carbonyl (C=O) groups is 1. The molecule has 132 valence electrons. The number of hydrogen-bond acceptors (Lipinski definition) is 6. The average Bonchev–Trinajstić information content (AvgIpc) is 3.06. The predicted octanol–water partition coefficient (Wildman–Crippen LogP) is 3.13. The van der Waals surface area contributed by atoms with Gasteiger partial charge in [0.1, 0.15) is 5.82 Å². The van der Waals surface area contributed by atoms with E-state index in [4.69, 9.17) is 10.5 Å². The molecule has 5 nitrogen and oxygen atoms in total. The molecule has 1 aromatic rings. The third-order valence-corrected chi connectivity index (χ3v) is 5.77. The lowest BCUT2D eigenvalue weighted by molar-refractivity contribution is -0.118. The van der Waals surface area contributed by atoms with Crippen LogP contribution in [0.25, 0.3) is 0 Å². The molecule has 0 saturated carbocycles. The molecule has 3 rings (SSSR count). The van der Waals surface area contributed by atoms with Crippen LogP contribution in [0.15, 0.2) is 40.2 Å². The second kappa shape index (κ2) is 6.66. The molecule has 2 aliphatic rings. The number of carbonyl (C=O) groups excluding carboxylic acids is 1. The molecule has 2 N–H and O–H groups in total. The van der Waals surface area contributed by atoms with E-state index in [-0.39, 0.29) is 17.1 Å². The van der Waals surface area contributed by atoms with Crippen LogP contribution in [0.1, 0.15) is 37.5 Å². The van der Waals surface area contributed by atoms with E-state index >= 15 is 0 Å². The molecule has 0 saturated heterocycles. The van der Waals surface area contributed by atoms with Gasteiger partial charge in [-0.2, -0.15) is 5.26 Å². The van der Waals surface area contributed by atoms with Gasteiger partial charge in [0, 0.05) is 36.2 Å². The topological polar surface area (TPSA) is 79.3 Å². The molecule has 6 heteroatoms. The highest BCUT2D eigenvalue weighted by atomic mass is 32.1. The Kier molecular flexibility index (Phi) is 4.72. The largest absolute Gasteiger partial charge is 0.384 e. The summed E-state index contributed by atoms with van der Waals surface area (Å²) >= 11 is 1.56. The molecule has 2 heterocycles. The molecular formula is C19H23N3O2S. The highest BCUT2D eigenvalue weighted by molar-refractivity contribution is 7.10. The number of Topliss-reactive ketones (excluding diaryl/α,β-unsaturated/α-hetero) is 1. The van der Waals surface area contributed by atoms with Crippen LogP contribution in [-0.2, 0) is 9.53 Å². The van der Waals surface area contributed by atoms with Crippen LogP contribution in [0.4, 0.5) is 0 Å². The van der Waals surface area contributed by atoms with Gasteiger partial charge in [0.05, 0.1) is 24.2 Å². The molecule has 0 fully saturated rings. The highest BCUT2D eigenvalue weighted by Gasteiger charge is 2.44. The molecule has 0 spiro atoms. The number of ketones is 1. The summed E-state index contributed by atoms with van der Waals surface area (Å²) in [6.07, 6.45) is 1.25. The Balaban J connectivity index is 2.19. The molecule has 0 unspecified atom stereocenters. The lowest BCUT2D eigenvalue weighted by Crippen LogP contribution is -2.42. The third-order valence-electron chi connectivity index (χ3n) is 4.83. The smallest absolute Gasteiger partial charge is 0.162 e. The van der Waals surface area contributed by atoms with Crippen molar-refractivity contribution < 1.29 is 9.53 Å². The van der Waals surface area contributed by atoms with Crippen molar-refractivity contribution in [2.45, 2.75) is 32.6 Å². The Morgan fingerprint density at radius 1 is 1.48 bits per heavy atom. The van der Waals surface area contributed by atoms with Crippen molar-refractivity contribution in [3.05, 3.63) is 45.1 Å². The maximum Gasteiger partial charge on any atom is 0.162 e. The molecule has 1 aliphatic heterocycles. The number of ether oxygens (including phenoxy) is 1. The fourth-order valence-electron chi connectivity index (χ4n) is 3.75. The van der Waals surface area contributed by atoms with Crippen LogP contribution in [0.5, 0.6) is 0 Å². The summed E-state index contributed by atoms with van der Waals surface area (Å²) in [5.41, 5.74) is 8.43. The van der Waals surface area contributed by atoms with Gasteiger partial charge < -0.3 is 15.4 Å². The second-order valence-corrected chi connectivity index (χ2v) is 8.28. The van der Waals surface area contributed by atoms with Gasteiger partial charge >= 0.3 is 0 Å². The standard InChI is InChI=1S/C19H23N3O2S/c1-19(2)9-13-17(14(23)10-19)16(15-5-4-8-25-15)12(11-20)18(21)22(13)6-7-24-3/h4-5,8,16H,6-7,9-10,21H2,1-3H3/t16-/m0/s1. The molecular weight excluding hydrogens is 334 g/mol. The van der Waals surface area contributed by atoms with E-state index in [0.717, 1.165) is 22.6 Å². The minimum atomic E-state index is -0.345. The number of thiophene rings is 1. The van der Waals surface area contributed by atoms with E-state index in [1.54, 1.807) is 18.4 Å². The Labute approximate surface area is 152 Å². The minimum Gasteiger partial charge on any atom is -0.384 e. The van der Waals surface area contributed by atoms with E-state index in [0.29, 0.717) is 31.0 Å². The number of hydrogen-bond donors (Lipinski definition) is 1. The minimum absolute atomic E-state index is 0.118. The molecule has 0 amide bonds. The van der Waals surface area contributed by atoms with Crippen molar-refractivity contribution in [3.63, 3.8) is 0 Å². The van der Waals surface area contributed by atoms with Gasteiger partial charge in [-0.1, -0.05) is 19.9 Å². The van der Waals surface area contributed by atoms with Crippen molar-refractivity contribution >= 4 is 17.1 Å². The van der Waals surface area contributed by atoms with Crippen molar-refractivity contribution in [3.8, 4) is 6.07 Å². The third kappa shape index (κ3) is 3.10. The molecule has 0 bridgehead atoms. The van der Waals surface area contributed by atoms with E-state index in [2.05, 4.69) is 19.9 Å². The van der Waals surface area contributed by atoms with Crippen LogP contribution in [-0.4, -0.2) is 30.9 Å². The Morgan fingerprint density at radius 2 is 2.24 bits per heavy atom. The SMILES string of the molecule is COCCN1C(N)=C(C#N)[C@@H](c2cccs2)C2=C1CC(C)(C)CC2=O. The van der Waals surface area contributed by atoms with Gasteiger partial charge in [-0.3, -0.25) is 4.79 Å². The van der Waals surface area contributed by atoms with Crippen molar-refractivity contribution in [1.29, 1.82) is 5.26 Å². The monoisotopic (exact) mass is 357 g/mol. The van der Waals surface area contributed by atoms with Gasteiger partial charge in [0.15, 0.2) is 5.78 Å². The number of allylic oxidation sites excluding steroid dienone is 3. The van der Waals surface area contributed by atoms with Crippen LogP contribution in [0, 0.1) is 16.7 Å². The number of nitrogens with zero attached hydrogens (tertiary/aromatic N) is 2. The van der Waals surface area contributed by atoms with E-state index in [1.165, 1.54) is 0 Å². The number of nitrogens with two attached hydrogens (primary N) is 1. The summed E-state index contributed by atoms with van der Waals surface area (Å²) in [5, 5.41) is 11.7. The molecule has 1 aromatic heterocycles. The van der Waals surface area contributed by atoms with Crippen LogP contribution in [0.3, 0.4) is 0 Å². The first-order valence-electron chi connectivity index (χ1n) is 8.35. The average molecular weight is 357 g/mol. The first-order chi connectivity index (χ1) is 11.9. The van der Waals surface area contributed by atoms with Crippen LogP contribution in [0.2, 0.25) is 0 Å². The molecule has 0 radical (unpaired) electrons. The fraction of sp³-hybridized carbons (Fsp3) is 0.474. The fourth-order valence-corrected chi connectivity index (χ4v) is 4.60. The Hall–Kier alpha value is -2.10. The second-order valence-electron chi connectivity index (χ2n) is 7.30. The van der Waals surface area contributed by atoms with E-state index < -0.39 is 0 Å². The maximum atomic E-state index is 13.1. The summed E-state index contributed by atoms with van der Waals surface area (Å²) in [5.74, 6) is 0.219. The number of methoxy groups -OCH3 is 1. The molecule has 1 atom stereocenters. The van der Waals surface area contributed by atoms with Gasteiger partial charge in [0.2, 0.25) is 0 Å². The molecule has 0 aromatic carbocycles. The maximum absolute atomic E-state index is 13.1. The van der Waals surface area contributed by atoms with Gasteiger partial charge in [-0.25, -0.2) is 0 Å². The summed E-state index contributed by atoms with van der Waals surface area (Å²) in [7, 11) is 1.63. The van der Waals surface area contributed by atoms with Crippen molar-refractivity contribution in [2.75, 3.05) is 20.3 Å². The van der Waals surface area contributed by atoms with Crippen LogP contribution < -0.4 is 5.73 Å². The highest BCUT2D eigenvalue weighted by Crippen LogP contribution is 2.49. The Bertz CT molecular complexity index is 784. The Morgan fingerprint density at radius 3 is 2.84 bits per heavy atom. The van der Waals surface area contributed by atoms with Gasteiger partial charge in [-0.15, -0.1) is 11.3 Å². The van der Waals surface area contributed by atoms with E-state index in [1.807, 2.05) is 22.4 Å². The lowest BCUT2D eigenvalue weighted by atomic mass is 9.70. The van der Waals surface area contributed by atoms with Gasteiger partial charge in [-0.05, 0) is 23.3 Å². The van der Waals surface area contributed by atoms with Crippen molar-refractivity contribution in [2.24, 2.45) is 11.1 Å². The zero-order valence-electron chi connectivity index (χ0n) is 14.8. The normalized spacial score (nSPS) is 22.9. The zero-order chi connectivity index (χ0) is 18.2. The number of nitriles is 1. The van der Waals surface area contributed by atoms with E-state index in [9.17, 15) is 10.1 Å². The zero-order valence-corrected chi connectivity index (χ0v) is 15.7. The summed E-state index contributed by atoms with van der Waals surface area (Å²) < 4.78 is 5.21. The lowest BCUT2D eigenvalue weighted by Gasteiger charge is -2.43. The summed E-state index contributed by atoms with van der Waals surface area (Å²) in [6.45, 7) is 5.22. The quantitative estimate of drug-likeness (QED) is 0.895. The van der Waals surface area contributed by atoms with Gasteiger partial charge in [0.25, 0.3) is 0 Å². The first kappa shape index (κ1) is 17.7. The number of rotatable bonds is 4. The van der Waals surface area contributed by atoms with Crippen LogP contribution >= 0.6 is 11.3 Å². The first-order valence-corrected chi connectivity index (χ1v) is 9.23. The molecule has 1 aliphatic carbocycles.